The monoisotopic (exact) mass is 469 g/mol. The Kier molecular flexibility index (Phi) is 8.29. The fourth-order valence-corrected chi connectivity index (χ4v) is 4.85. The number of para-hydroxylation sites is 1. The fourth-order valence-electron chi connectivity index (χ4n) is 4.85. The molecule has 3 heterocycles. The standard InChI is InChI=1S/C25H35N5O4/c1-3-18(4-2)24(31)26-15-20-16-30(28-27-20)22-8-6-5-7-21(22)25(32)29-11-14-34-17-23(29)19-9-12-33-13-10-19/h5-8,16,18-19,23H,3-4,9-15,17H2,1-2H3,(H,26,31). The second-order valence-electron chi connectivity index (χ2n) is 8.99. The van der Waals surface area contributed by atoms with Crippen LogP contribution < -0.4 is 5.32 Å². The molecule has 1 N–H and O–H groups in total. The van der Waals surface area contributed by atoms with E-state index in [9.17, 15) is 9.59 Å². The summed E-state index contributed by atoms with van der Waals surface area (Å²) in [6.45, 7) is 7.46. The lowest BCUT2D eigenvalue weighted by Gasteiger charge is -2.41. The molecule has 2 saturated heterocycles. The molecular weight excluding hydrogens is 434 g/mol. The fraction of sp³-hybridized carbons (Fsp3) is 0.600. The lowest BCUT2D eigenvalue weighted by Crippen LogP contribution is -2.53. The molecule has 1 aromatic heterocycles. The Hall–Kier alpha value is -2.78. The van der Waals surface area contributed by atoms with E-state index in [4.69, 9.17) is 9.47 Å². The normalized spacial score (nSPS) is 19.4. The highest BCUT2D eigenvalue weighted by molar-refractivity contribution is 5.98. The molecule has 0 bridgehead atoms. The predicted octanol–water partition coefficient (Wildman–Crippen LogP) is 2.59. The Labute approximate surface area is 200 Å². The van der Waals surface area contributed by atoms with Crippen LogP contribution in [0.15, 0.2) is 30.5 Å². The minimum absolute atomic E-state index is 0.00517. The van der Waals surface area contributed by atoms with Gasteiger partial charge in [-0.2, -0.15) is 0 Å². The van der Waals surface area contributed by atoms with Gasteiger partial charge in [-0.25, -0.2) is 4.68 Å². The van der Waals surface area contributed by atoms with Crippen molar-refractivity contribution >= 4 is 11.8 Å². The summed E-state index contributed by atoms with van der Waals surface area (Å²) >= 11 is 0. The van der Waals surface area contributed by atoms with Crippen LogP contribution in [0.1, 0.15) is 55.6 Å². The number of hydrogen-bond donors (Lipinski definition) is 1. The molecule has 1 atom stereocenters. The number of hydrogen-bond acceptors (Lipinski definition) is 6. The summed E-state index contributed by atoms with van der Waals surface area (Å²) < 4.78 is 12.9. The van der Waals surface area contributed by atoms with Gasteiger partial charge in [0.15, 0.2) is 0 Å². The molecule has 2 aliphatic heterocycles. The van der Waals surface area contributed by atoms with Gasteiger partial charge in [0.1, 0.15) is 5.69 Å². The van der Waals surface area contributed by atoms with E-state index >= 15 is 0 Å². The zero-order valence-electron chi connectivity index (χ0n) is 20.1. The van der Waals surface area contributed by atoms with Crippen molar-refractivity contribution in [3.05, 3.63) is 41.7 Å². The van der Waals surface area contributed by atoms with E-state index in [0.29, 0.717) is 49.2 Å². The van der Waals surface area contributed by atoms with Crippen molar-refractivity contribution in [2.45, 2.75) is 52.1 Å². The van der Waals surface area contributed by atoms with Gasteiger partial charge in [0.25, 0.3) is 5.91 Å². The third-order valence-corrected chi connectivity index (χ3v) is 6.96. The summed E-state index contributed by atoms with van der Waals surface area (Å²) in [5, 5.41) is 11.4. The summed E-state index contributed by atoms with van der Waals surface area (Å²) in [5.74, 6) is 0.392. The third-order valence-electron chi connectivity index (χ3n) is 6.96. The van der Waals surface area contributed by atoms with Crippen LogP contribution in [-0.2, 0) is 20.8 Å². The average molecular weight is 470 g/mol. The Balaban J connectivity index is 1.50. The minimum Gasteiger partial charge on any atom is -0.381 e. The lowest BCUT2D eigenvalue weighted by atomic mass is 9.90. The van der Waals surface area contributed by atoms with Crippen LogP contribution >= 0.6 is 0 Å². The number of rotatable bonds is 8. The first-order chi connectivity index (χ1) is 16.6. The molecule has 0 saturated carbocycles. The van der Waals surface area contributed by atoms with Gasteiger partial charge in [-0.3, -0.25) is 9.59 Å². The van der Waals surface area contributed by atoms with Gasteiger partial charge in [0.2, 0.25) is 5.91 Å². The van der Waals surface area contributed by atoms with E-state index in [-0.39, 0.29) is 23.8 Å². The number of nitrogens with zero attached hydrogens (tertiary/aromatic N) is 4. The van der Waals surface area contributed by atoms with Crippen molar-refractivity contribution in [3.63, 3.8) is 0 Å². The Bertz CT molecular complexity index is 968. The van der Waals surface area contributed by atoms with Crippen LogP contribution in [0.2, 0.25) is 0 Å². The summed E-state index contributed by atoms with van der Waals surface area (Å²) in [6.07, 6.45) is 5.26. The zero-order chi connectivity index (χ0) is 23.9. The number of carbonyl (C=O) groups is 2. The molecule has 2 aromatic rings. The van der Waals surface area contributed by atoms with Gasteiger partial charge in [-0.05, 0) is 43.7 Å². The Morgan fingerprint density at radius 3 is 2.65 bits per heavy atom. The molecule has 34 heavy (non-hydrogen) atoms. The Morgan fingerprint density at radius 1 is 1.12 bits per heavy atom. The van der Waals surface area contributed by atoms with Crippen molar-refractivity contribution in [2.24, 2.45) is 11.8 Å². The van der Waals surface area contributed by atoms with Gasteiger partial charge in [0.05, 0.1) is 43.2 Å². The van der Waals surface area contributed by atoms with Crippen LogP contribution in [-0.4, -0.2) is 70.7 Å². The largest absolute Gasteiger partial charge is 0.381 e. The first-order valence-electron chi connectivity index (χ1n) is 12.4. The van der Waals surface area contributed by atoms with Crippen LogP contribution in [0.3, 0.4) is 0 Å². The first kappa shape index (κ1) is 24.3. The molecule has 2 aliphatic rings. The van der Waals surface area contributed by atoms with Crippen LogP contribution in [0, 0.1) is 11.8 Å². The molecule has 1 aromatic carbocycles. The Morgan fingerprint density at radius 2 is 1.88 bits per heavy atom. The number of carbonyl (C=O) groups excluding carboxylic acids is 2. The average Bonchev–Trinajstić information content (AvgIpc) is 3.37. The summed E-state index contributed by atoms with van der Waals surface area (Å²) in [5.41, 5.74) is 1.90. The zero-order valence-corrected chi connectivity index (χ0v) is 20.1. The molecule has 2 amide bonds. The molecule has 9 nitrogen and oxygen atoms in total. The van der Waals surface area contributed by atoms with Crippen molar-refractivity contribution in [1.29, 1.82) is 0 Å². The van der Waals surface area contributed by atoms with Gasteiger partial charge in [0, 0.05) is 25.7 Å². The van der Waals surface area contributed by atoms with Gasteiger partial charge in [-0.1, -0.05) is 31.2 Å². The highest BCUT2D eigenvalue weighted by Crippen LogP contribution is 2.27. The van der Waals surface area contributed by atoms with Crippen LogP contribution in [0.5, 0.6) is 0 Å². The lowest BCUT2D eigenvalue weighted by molar-refractivity contribution is -0.125. The van der Waals surface area contributed by atoms with Crippen molar-refractivity contribution < 1.29 is 19.1 Å². The first-order valence-corrected chi connectivity index (χ1v) is 12.4. The molecule has 9 heteroatoms. The smallest absolute Gasteiger partial charge is 0.256 e. The minimum atomic E-state index is -0.0190. The van der Waals surface area contributed by atoms with E-state index in [1.54, 1.807) is 10.9 Å². The molecular formula is C25H35N5O4. The quantitative estimate of drug-likeness (QED) is 0.638. The van der Waals surface area contributed by atoms with E-state index in [1.807, 2.05) is 43.0 Å². The summed E-state index contributed by atoms with van der Waals surface area (Å²) in [6, 6.07) is 7.51. The van der Waals surface area contributed by atoms with E-state index in [1.165, 1.54) is 0 Å². The van der Waals surface area contributed by atoms with Gasteiger partial charge >= 0.3 is 0 Å². The molecule has 2 fully saturated rings. The summed E-state index contributed by atoms with van der Waals surface area (Å²) in [7, 11) is 0. The number of morpholine rings is 1. The highest BCUT2D eigenvalue weighted by Gasteiger charge is 2.35. The third kappa shape index (κ3) is 5.47. The predicted molar refractivity (Wildman–Crippen MR) is 126 cm³/mol. The second kappa shape index (κ2) is 11.6. The topological polar surface area (TPSA) is 98.6 Å². The number of ether oxygens (including phenoxy) is 2. The maximum atomic E-state index is 13.7. The number of amides is 2. The van der Waals surface area contributed by atoms with Crippen molar-refractivity contribution in [2.75, 3.05) is 33.0 Å². The number of nitrogens with one attached hydrogen (secondary N) is 1. The maximum absolute atomic E-state index is 13.7. The molecule has 1 unspecified atom stereocenters. The van der Waals surface area contributed by atoms with E-state index in [0.717, 1.165) is 38.9 Å². The maximum Gasteiger partial charge on any atom is 0.256 e. The molecule has 0 aliphatic carbocycles. The van der Waals surface area contributed by atoms with Crippen molar-refractivity contribution in [3.8, 4) is 5.69 Å². The number of aromatic nitrogens is 3. The molecule has 0 radical (unpaired) electrons. The van der Waals surface area contributed by atoms with Crippen LogP contribution in [0.25, 0.3) is 5.69 Å². The molecule has 0 spiro atoms. The van der Waals surface area contributed by atoms with Gasteiger partial charge < -0.3 is 19.7 Å². The van der Waals surface area contributed by atoms with E-state index in [2.05, 4.69) is 15.6 Å². The number of benzene rings is 1. The molecule has 184 valence electrons. The van der Waals surface area contributed by atoms with E-state index < -0.39 is 0 Å². The van der Waals surface area contributed by atoms with Gasteiger partial charge in [-0.15, -0.1) is 5.10 Å². The van der Waals surface area contributed by atoms with Crippen LogP contribution in [0.4, 0.5) is 0 Å². The molecule has 4 rings (SSSR count). The highest BCUT2D eigenvalue weighted by atomic mass is 16.5. The van der Waals surface area contributed by atoms with Crippen molar-refractivity contribution in [1.82, 2.24) is 25.2 Å². The summed E-state index contributed by atoms with van der Waals surface area (Å²) in [4.78, 5) is 28.0. The SMILES string of the molecule is CCC(CC)C(=O)NCc1cn(-c2ccccc2C(=O)N2CCOCC2C2CCOCC2)nn1. The second-order valence-corrected chi connectivity index (χ2v) is 8.99.